The molecule has 226 valence electrons. The van der Waals surface area contributed by atoms with Gasteiger partial charge in [0.25, 0.3) is 0 Å². The molecule has 3 aromatic heterocycles. The van der Waals surface area contributed by atoms with Gasteiger partial charge in [0.2, 0.25) is 0 Å². The molecule has 5 rings (SSSR count). The Bertz CT molecular complexity index is 1840. The maximum absolute atomic E-state index is 12.6. The number of hydrogen-bond donors (Lipinski definition) is 0. The Morgan fingerprint density at radius 1 is 0.977 bits per heavy atom. The molecule has 9 heteroatoms. The summed E-state index contributed by atoms with van der Waals surface area (Å²) in [4.78, 5) is 35.6. The Labute approximate surface area is 256 Å². The van der Waals surface area contributed by atoms with Gasteiger partial charge in [-0.1, -0.05) is 24.3 Å². The zero-order valence-corrected chi connectivity index (χ0v) is 25.6. The first-order valence-electron chi connectivity index (χ1n) is 14.5. The zero-order chi connectivity index (χ0) is 31.3. The van der Waals surface area contributed by atoms with Crippen molar-refractivity contribution >= 4 is 45.4 Å². The van der Waals surface area contributed by atoms with Crippen LogP contribution in [0.15, 0.2) is 91.3 Å². The molecular formula is C35H36N4O5. The summed E-state index contributed by atoms with van der Waals surface area (Å²) in [5.74, 6) is 0.792. The smallest absolute Gasteiger partial charge is 0.415 e. The normalized spacial score (nSPS) is 11.9. The number of carbonyl (C=O) groups is 2. The molecule has 0 N–H and O–H groups in total. The Hall–Kier alpha value is -5.18. The van der Waals surface area contributed by atoms with E-state index < -0.39 is 17.7 Å². The lowest BCUT2D eigenvalue weighted by molar-refractivity contribution is -0.137. The average Bonchev–Trinajstić information content (AvgIpc) is 3.42. The predicted octanol–water partition coefficient (Wildman–Crippen LogP) is 7.03. The highest BCUT2D eigenvalue weighted by atomic mass is 16.6. The average molecular weight is 593 g/mol. The third-order valence-corrected chi connectivity index (χ3v) is 6.78. The van der Waals surface area contributed by atoms with E-state index in [1.54, 1.807) is 26.2 Å². The Kier molecular flexibility index (Phi) is 8.94. The fourth-order valence-corrected chi connectivity index (χ4v) is 4.71. The number of para-hydroxylation sites is 1. The van der Waals surface area contributed by atoms with Crippen LogP contribution in [0.2, 0.25) is 0 Å². The molecule has 0 bridgehead atoms. The molecular weight excluding hydrogens is 556 g/mol. The van der Waals surface area contributed by atoms with Gasteiger partial charge in [0.1, 0.15) is 17.2 Å². The van der Waals surface area contributed by atoms with E-state index in [0.29, 0.717) is 30.3 Å². The molecule has 0 unspecified atom stereocenters. The SMILES string of the molecule is CCOC(=O)C=C(c1cnc2ccccc2c1)n1ccc2cc(OCCc3cccc(N(C)C(=O)OC(C)(C)C)n3)ccc21. The molecule has 2 aromatic carbocycles. The van der Waals surface area contributed by atoms with Gasteiger partial charge in [-0.3, -0.25) is 9.88 Å². The summed E-state index contributed by atoms with van der Waals surface area (Å²) in [6, 6.07) is 23.2. The number of fused-ring (bicyclic) bond motifs is 2. The lowest BCUT2D eigenvalue weighted by Crippen LogP contribution is -2.34. The summed E-state index contributed by atoms with van der Waals surface area (Å²) in [6.07, 6.45) is 5.28. The third kappa shape index (κ3) is 7.23. The van der Waals surface area contributed by atoms with E-state index in [-0.39, 0.29) is 6.61 Å². The standard InChI is InChI=1S/C35H36N4O5/c1-6-42-33(40)22-31(26-20-24-10-7-8-12-29(24)36-23-26)39-18-16-25-21-28(14-15-30(25)39)43-19-17-27-11-9-13-32(37-27)38(5)34(41)44-35(2,3)4/h7-16,18,20-23H,6,17,19H2,1-5H3. The summed E-state index contributed by atoms with van der Waals surface area (Å²) in [5, 5.41) is 1.92. The Morgan fingerprint density at radius 2 is 1.80 bits per heavy atom. The van der Waals surface area contributed by atoms with Crippen LogP contribution in [0.1, 0.15) is 39.0 Å². The monoisotopic (exact) mass is 592 g/mol. The summed E-state index contributed by atoms with van der Waals surface area (Å²) in [6.45, 7) is 7.95. The van der Waals surface area contributed by atoms with E-state index >= 15 is 0 Å². The van der Waals surface area contributed by atoms with Gasteiger partial charge >= 0.3 is 12.1 Å². The minimum Gasteiger partial charge on any atom is -0.493 e. The van der Waals surface area contributed by atoms with Gasteiger partial charge < -0.3 is 18.8 Å². The van der Waals surface area contributed by atoms with E-state index in [1.165, 1.54) is 11.0 Å². The van der Waals surface area contributed by atoms with Crippen molar-refractivity contribution in [3.63, 3.8) is 0 Å². The van der Waals surface area contributed by atoms with Crippen molar-refractivity contribution in [2.45, 2.75) is 39.7 Å². The minimum atomic E-state index is -0.592. The number of amides is 1. The van der Waals surface area contributed by atoms with E-state index in [4.69, 9.17) is 14.2 Å². The molecule has 0 saturated carbocycles. The van der Waals surface area contributed by atoms with Gasteiger partial charge in [0.15, 0.2) is 0 Å². The molecule has 0 spiro atoms. The third-order valence-electron chi connectivity index (χ3n) is 6.78. The van der Waals surface area contributed by atoms with Crippen LogP contribution in [0.4, 0.5) is 10.6 Å². The van der Waals surface area contributed by atoms with Crippen LogP contribution < -0.4 is 9.64 Å². The number of nitrogens with zero attached hydrogens (tertiary/aromatic N) is 4. The predicted molar refractivity (Wildman–Crippen MR) is 172 cm³/mol. The first-order valence-corrected chi connectivity index (χ1v) is 14.5. The van der Waals surface area contributed by atoms with E-state index in [1.807, 2.05) is 98.3 Å². The Morgan fingerprint density at radius 3 is 2.59 bits per heavy atom. The largest absolute Gasteiger partial charge is 0.493 e. The quantitative estimate of drug-likeness (QED) is 0.134. The van der Waals surface area contributed by atoms with Crippen LogP contribution in [-0.2, 0) is 20.7 Å². The summed E-state index contributed by atoms with van der Waals surface area (Å²) >= 11 is 0. The number of pyridine rings is 2. The molecule has 0 atom stereocenters. The van der Waals surface area contributed by atoms with E-state index in [9.17, 15) is 9.59 Å². The van der Waals surface area contributed by atoms with Gasteiger partial charge in [-0.05, 0) is 76.2 Å². The molecule has 5 aromatic rings. The first kappa shape index (κ1) is 30.3. The van der Waals surface area contributed by atoms with Crippen LogP contribution in [0.25, 0.3) is 27.5 Å². The van der Waals surface area contributed by atoms with Crippen LogP contribution in [0, 0.1) is 0 Å². The fraction of sp³-hybridized carbons (Fsp3) is 0.257. The molecule has 0 aliphatic rings. The molecule has 0 saturated heterocycles. The van der Waals surface area contributed by atoms with Crippen molar-refractivity contribution < 1.29 is 23.8 Å². The van der Waals surface area contributed by atoms with Crippen molar-refractivity contribution in [3.05, 3.63) is 103 Å². The molecule has 1 amide bonds. The van der Waals surface area contributed by atoms with Crippen molar-refractivity contribution in [2.24, 2.45) is 0 Å². The number of anilines is 1. The van der Waals surface area contributed by atoms with Gasteiger partial charge in [-0.25, -0.2) is 14.6 Å². The lowest BCUT2D eigenvalue weighted by atomic mass is 10.1. The van der Waals surface area contributed by atoms with E-state index in [0.717, 1.165) is 33.1 Å². The molecule has 9 nitrogen and oxygen atoms in total. The maximum atomic E-state index is 12.6. The molecule has 44 heavy (non-hydrogen) atoms. The van der Waals surface area contributed by atoms with Crippen LogP contribution in [0.5, 0.6) is 5.75 Å². The number of rotatable bonds is 9. The first-order chi connectivity index (χ1) is 21.1. The Balaban J connectivity index is 1.32. The van der Waals surface area contributed by atoms with Crippen molar-refractivity contribution in [1.29, 1.82) is 0 Å². The van der Waals surface area contributed by atoms with Crippen molar-refractivity contribution in [1.82, 2.24) is 14.5 Å². The van der Waals surface area contributed by atoms with Crippen LogP contribution in [-0.4, -0.2) is 52.5 Å². The molecule has 0 aliphatic heterocycles. The van der Waals surface area contributed by atoms with E-state index in [2.05, 4.69) is 9.97 Å². The highest BCUT2D eigenvalue weighted by Gasteiger charge is 2.21. The maximum Gasteiger partial charge on any atom is 0.415 e. The van der Waals surface area contributed by atoms with Crippen molar-refractivity contribution in [3.8, 4) is 5.75 Å². The summed E-state index contributed by atoms with van der Waals surface area (Å²) in [5.41, 5.74) is 3.44. The van der Waals surface area contributed by atoms with Crippen molar-refractivity contribution in [2.75, 3.05) is 25.2 Å². The number of aromatic nitrogens is 3. The number of hydrogen-bond acceptors (Lipinski definition) is 7. The fourth-order valence-electron chi connectivity index (χ4n) is 4.71. The number of esters is 1. The number of ether oxygens (including phenoxy) is 3. The topological polar surface area (TPSA) is 95.8 Å². The highest BCUT2D eigenvalue weighted by molar-refractivity contribution is 5.96. The summed E-state index contributed by atoms with van der Waals surface area (Å²) < 4.78 is 18.7. The molecule has 0 fully saturated rings. The molecule has 3 heterocycles. The van der Waals surface area contributed by atoms with Gasteiger partial charge in [-0.15, -0.1) is 0 Å². The van der Waals surface area contributed by atoms with Crippen LogP contribution in [0.3, 0.4) is 0 Å². The number of benzene rings is 2. The second-order valence-corrected chi connectivity index (χ2v) is 11.2. The second-order valence-electron chi connectivity index (χ2n) is 11.2. The van der Waals surface area contributed by atoms with Gasteiger partial charge in [-0.2, -0.15) is 0 Å². The molecule has 0 radical (unpaired) electrons. The highest BCUT2D eigenvalue weighted by Crippen LogP contribution is 2.29. The minimum absolute atomic E-state index is 0.284. The van der Waals surface area contributed by atoms with Crippen LogP contribution >= 0.6 is 0 Å². The lowest BCUT2D eigenvalue weighted by Gasteiger charge is -2.24. The van der Waals surface area contributed by atoms with Gasteiger partial charge in [0, 0.05) is 54.0 Å². The zero-order valence-electron chi connectivity index (χ0n) is 25.6. The molecule has 0 aliphatic carbocycles. The second kappa shape index (κ2) is 13.0. The van der Waals surface area contributed by atoms with Gasteiger partial charge in [0.05, 0.1) is 29.9 Å². The number of carbonyl (C=O) groups excluding carboxylic acids is 2. The summed E-state index contributed by atoms with van der Waals surface area (Å²) in [7, 11) is 1.64.